The average Bonchev–Trinajstić information content (AvgIpc) is 2.84. The van der Waals surface area contributed by atoms with Gasteiger partial charge in [-0.2, -0.15) is 0 Å². The normalized spacial score (nSPS) is 12.7. The van der Waals surface area contributed by atoms with Crippen molar-refractivity contribution < 1.29 is 14.8 Å². The van der Waals surface area contributed by atoms with Gasteiger partial charge in [-0.05, 0) is 42.6 Å². The minimum atomic E-state index is -0.919. The van der Waals surface area contributed by atoms with E-state index in [1.807, 2.05) is 60.7 Å². The number of aliphatic carboxylic acids is 1. The molecule has 3 aromatic carbocycles. The number of carboxylic acids is 1. The molecule has 0 heterocycles. The van der Waals surface area contributed by atoms with Crippen molar-refractivity contribution in [3.8, 4) is 0 Å². The van der Waals surface area contributed by atoms with Crippen molar-refractivity contribution >= 4 is 11.7 Å². The van der Waals surface area contributed by atoms with E-state index in [1.165, 1.54) is 17.7 Å². The van der Waals surface area contributed by atoms with Crippen molar-refractivity contribution in [3.63, 3.8) is 0 Å². The SMILES string of the molecule is O=C(O)C(CNCCc1ccccc1)C(NCCc1ccccc1)c1ccc([N+](=O)[O-])cc1. The molecule has 172 valence electrons. The Morgan fingerprint density at radius 1 is 0.848 bits per heavy atom. The fourth-order valence-corrected chi connectivity index (χ4v) is 3.80. The molecule has 0 aliphatic rings. The largest absolute Gasteiger partial charge is 0.481 e. The number of nitrogens with zero attached hydrogens (tertiary/aromatic N) is 1. The molecule has 3 rings (SSSR count). The Bertz CT molecular complexity index is 1010. The smallest absolute Gasteiger partial charge is 0.309 e. The molecule has 3 aromatic rings. The Balaban J connectivity index is 1.69. The summed E-state index contributed by atoms with van der Waals surface area (Å²) >= 11 is 0. The predicted molar refractivity (Wildman–Crippen MR) is 128 cm³/mol. The summed E-state index contributed by atoms with van der Waals surface area (Å²) in [6.45, 7) is 1.52. The first-order valence-electron chi connectivity index (χ1n) is 11.0. The molecule has 0 radical (unpaired) electrons. The molecular weight excluding hydrogens is 418 g/mol. The van der Waals surface area contributed by atoms with Gasteiger partial charge in [0.15, 0.2) is 0 Å². The lowest BCUT2D eigenvalue weighted by molar-refractivity contribution is -0.384. The second-order valence-corrected chi connectivity index (χ2v) is 7.90. The van der Waals surface area contributed by atoms with E-state index in [-0.39, 0.29) is 12.2 Å². The van der Waals surface area contributed by atoms with Gasteiger partial charge in [-0.15, -0.1) is 0 Å². The molecule has 33 heavy (non-hydrogen) atoms. The highest BCUT2D eigenvalue weighted by molar-refractivity contribution is 5.71. The van der Waals surface area contributed by atoms with E-state index in [0.717, 1.165) is 18.4 Å². The first-order valence-corrected chi connectivity index (χ1v) is 11.0. The quantitative estimate of drug-likeness (QED) is 0.208. The van der Waals surface area contributed by atoms with Crippen molar-refractivity contribution in [2.24, 2.45) is 5.92 Å². The molecule has 0 bridgehead atoms. The lowest BCUT2D eigenvalue weighted by Crippen LogP contribution is -2.40. The highest BCUT2D eigenvalue weighted by Crippen LogP contribution is 2.25. The van der Waals surface area contributed by atoms with Crippen molar-refractivity contribution in [1.29, 1.82) is 0 Å². The lowest BCUT2D eigenvalue weighted by Gasteiger charge is -2.26. The van der Waals surface area contributed by atoms with Crippen molar-refractivity contribution in [2.45, 2.75) is 18.9 Å². The monoisotopic (exact) mass is 447 g/mol. The van der Waals surface area contributed by atoms with Crippen molar-refractivity contribution in [1.82, 2.24) is 10.6 Å². The number of rotatable bonds is 13. The van der Waals surface area contributed by atoms with Gasteiger partial charge in [-0.3, -0.25) is 14.9 Å². The Kier molecular flexibility index (Phi) is 9.11. The molecule has 0 saturated carbocycles. The second-order valence-electron chi connectivity index (χ2n) is 7.90. The average molecular weight is 448 g/mol. The van der Waals surface area contributed by atoms with Crippen LogP contribution in [0.4, 0.5) is 5.69 Å². The van der Waals surface area contributed by atoms with E-state index in [1.54, 1.807) is 12.1 Å². The third kappa shape index (κ3) is 7.52. The van der Waals surface area contributed by atoms with Gasteiger partial charge in [-0.25, -0.2) is 0 Å². The van der Waals surface area contributed by atoms with Crippen LogP contribution in [0, 0.1) is 16.0 Å². The molecule has 3 N–H and O–H groups in total. The summed E-state index contributed by atoms with van der Waals surface area (Å²) in [6, 6.07) is 25.6. The highest BCUT2D eigenvalue weighted by Gasteiger charge is 2.29. The van der Waals surface area contributed by atoms with Crippen molar-refractivity contribution in [3.05, 3.63) is 112 Å². The minimum Gasteiger partial charge on any atom is -0.481 e. The lowest BCUT2D eigenvalue weighted by atomic mass is 9.92. The van der Waals surface area contributed by atoms with Gasteiger partial charge < -0.3 is 15.7 Å². The van der Waals surface area contributed by atoms with Crippen LogP contribution in [0.5, 0.6) is 0 Å². The van der Waals surface area contributed by atoms with Gasteiger partial charge in [0.25, 0.3) is 5.69 Å². The third-order valence-electron chi connectivity index (χ3n) is 5.60. The Labute approximate surface area is 193 Å². The molecule has 0 fully saturated rings. The summed E-state index contributed by atoms with van der Waals surface area (Å²) < 4.78 is 0. The van der Waals surface area contributed by atoms with Crippen LogP contribution in [-0.4, -0.2) is 35.6 Å². The van der Waals surface area contributed by atoms with E-state index in [4.69, 9.17) is 0 Å². The van der Waals surface area contributed by atoms with Gasteiger partial charge in [0.05, 0.1) is 10.8 Å². The number of carbonyl (C=O) groups is 1. The Morgan fingerprint density at radius 2 is 1.39 bits per heavy atom. The first-order chi connectivity index (χ1) is 16.0. The summed E-state index contributed by atoms with van der Waals surface area (Å²) in [6.07, 6.45) is 1.55. The number of nitro groups is 1. The molecule has 7 nitrogen and oxygen atoms in total. The zero-order chi connectivity index (χ0) is 23.5. The maximum Gasteiger partial charge on any atom is 0.309 e. The highest BCUT2D eigenvalue weighted by atomic mass is 16.6. The zero-order valence-electron chi connectivity index (χ0n) is 18.4. The summed E-state index contributed by atoms with van der Waals surface area (Å²) in [4.78, 5) is 22.8. The van der Waals surface area contributed by atoms with Crippen LogP contribution in [0.3, 0.4) is 0 Å². The number of nitro benzene ring substituents is 1. The third-order valence-corrected chi connectivity index (χ3v) is 5.60. The van der Waals surface area contributed by atoms with Crippen LogP contribution < -0.4 is 10.6 Å². The summed E-state index contributed by atoms with van der Waals surface area (Å²) in [5.74, 6) is -1.66. The standard InChI is InChI=1S/C26H29N3O4/c30-26(31)24(19-27-17-15-20-7-3-1-4-8-20)25(22-11-13-23(14-12-22)29(32)33)28-18-16-21-9-5-2-6-10-21/h1-14,24-25,27-28H,15-19H2,(H,30,31). The zero-order valence-corrected chi connectivity index (χ0v) is 18.4. The molecule has 2 atom stereocenters. The minimum absolute atomic E-state index is 0.0188. The maximum absolute atomic E-state index is 12.2. The topological polar surface area (TPSA) is 104 Å². The number of benzene rings is 3. The molecule has 0 saturated heterocycles. The predicted octanol–water partition coefficient (Wildman–Crippen LogP) is 4.00. The number of hydrogen-bond acceptors (Lipinski definition) is 5. The molecule has 0 aliphatic heterocycles. The van der Waals surface area contributed by atoms with E-state index in [0.29, 0.717) is 18.7 Å². The van der Waals surface area contributed by atoms with Crippen LogP contribution in [0.2, 0.25) is 0 Å². The first kappa shape index (κ1) is 24.1. The van der Waals surface area contributed by atoms with E-state index < -0.39 is 22.9 Å². The van der Waals surface area contributed by atoms with Gasteiger partial charge in [0.2, 0.25) is 0 Å². The summed E-state index contributed by atoms with van der Waals surface area (Å²) in [5.41, 5.74) is 3.03. The number of nitrogens with one attached hydrogen (secondary N) is 2. The fourth-order valence-electron chi connectivity index (χ4n) is 3.80. The van der Waals surface area contributed by atoms with Gasteiger partial charge in [0.1, 0.15) is 0 Å². The van der Waals surface area contributed by atoms with Crippen LogP contribution in [0.15, 0.2) is 84.9 Å². The van der Waals surface area contributed by atoms with Crippen molar-refractivity contribution in [2.75, 3.05) is 19.6 Å². The van der Waals surface area contributed by atoms with Crippen LogP contribution in [0.25, 0.3) is 0 Å². The van der Waals surface area contributed by atoms with Gasteiger partial charge >= 0.3 is 5.97 Å². The number of hydrogen-bond donors (Lipinski definition) is 3. The fraction of sp³-hybridized carbons (Fsp3) is 0.269. The summed E-state index contributed by atoms with van der Waals surface area (Å²) in [7, 11) is 0. The molecule has 7 heteroatoms. The maximum atomic E-state index is 12.2. The molecule has 0 amide bonds. The molecule has 0 spiro atoms. The van der Waals surface area contributed by atoms with E-state index >= 15 is 0 Å². The van der Waals surface area contributed by atoms with Crippen LogP contribution in [0.1, 0.15) is 22.7 Å². The number of carboxylic acid groups (broad SMARTS) is 1. The van der Waals surface area contributed by atoms with E-state index in [2.05, 4.69) is 10.6 Å². The number of non-ortho nitro benzene ring substituents is 1. The summed E-state index contributed by atoms with van der Waals surface area (Å²) in [5, 5.41) is 27.7. The molecule has 0 aliphatic carbocycles. The molecule has 2 unspecified atom stereocenters. The Morgan fingerprint density at radius 3 is 1.91 bits per heavy atom. The van der Waals surface area contributed by atoms with E-state index in [9.17, 15) is 20.0 Å². The molecular formula is C26H29N3O4. The van der Waals surface area contributed by atoms with Gasteiger partial charge in [-0.1, -0.05) is 72.8 Å². The molecule has 0 aromatic heterocycles. The Hall–Kier alpha value is -3.55. The van der Waals surface area contributed by atoms with Crippen LogP contribution >= 0.6 is 0 Å². The van der Waals surface area contributed by atoms with Crippen LogP contribution in [-0.2, 0) is 17.6 Å². The second kappa shape index (κ2) is 12.5. The van der Waals surface area contributed by atoms with Gasteiger partial charge in [0, 0.05) is 24.7 Å².